The van der Waals surface area contributed by atoms with Gasteiger partial charge in [0.15, 0.2) is 0 Å². The van der Waals surface area contributed by atoms with Gasteiger partial charge in [0.25, 0.3) is 0 Å². The molecule has 2 saturated heterocycles. The predicted molar refractivity (Wildman–Crippen MR) is 77.9 cm³/mol. The van der Waals surface area contributed by atoms with Gasteiger partial charge in [-0.15, -0.1) is 0 Å². The first-order valence-electron chi connectivity index (χ1n) is 7.52. The van der Waals surface area contributed by atoms with Crippen molar-refractivity contribution >= 4 is 5.97 Å². The molecule has 1 aromatic carbocycles. The zero-order valence-electron chi connectivity index (χ0n) is 11.7. The standard InChI is InChI=1S/C16H22N2O2/c19-16(20)13-5-3-12(4-6-13)11-17-14-7-9-18-8-1-2-15(18)10-14/h3-6,14-15,17H,1-2,7-11H2,(H,19,20). The third-order valence-corrected chi connectivity index (χ3v) is 4.62. The molecule has 2 atom stereocenters. The minimum Gasteiger partial charge on any atom is -0.478 e. The van der Waals surface area contributed by atoms with Crippen molar-refractivity contribution < 1.29 is 9.90 Å². The molecule has 1 aromatic rings. The molecule has 0 aliphatic carbocycles. The van der Waals surface area contributed by atoms with Crippen LogP contribution in [0, 0.1) is 0 Å². The van der Waals surface area contributed by atoms with Crippen molar-refractivity contribution in [3.63, 3.8) is 0 Å². The molecule has 0 amide bonds. The quantitative estimate of drug-likeness (QED) is 0.883. The van der Waals surface area contributed by atoms with E-state index in [1.165, 1.54) is 38.8 Å². The number of nitrogens with zero attached hydrogens (tertiary/aromatic N) is 1. The van der Waals surface area contributed by atoms with Crippen LogP contribution in [0.3, 0.4) is 0 Å². The first kappa shape index (κ1) is 13.6. The molecule has 2 fully saturated rings. The second-order valence-electron chi connectivity index (χ2n) is 5.94. The summed E-state index contributed by atoms with van der Waals surface area (Å²) in [6.07, 6.45) is 5.19. The van der Waals surface area contributed by atoms with Gasteiger partial charge in [-0.3, -0.25) is 0 Å². The lowest BCUT2D eigenvalue weighted by Crippen LogP contribution is -2.45. The Bertz CT molecular complexity index is 472. The van der Waals surface area contributed by atoms with Crippen LogP contribution in [0.5, 0.6) is 0 Å². The van der Waals surface area contributed by atoms with Crippen molar-refractivity contribution in [1.82, 2.24) is 10.2 Å². The van der Waals surface area contributed by atoms with E-state index in [1.54, 1.807) is 12.1 Å². The molecule has 0 aromatic heterocycles. The molecule has 4 heteroatoms. The summed E-state index contributed by atoms with van der Waals surface area (Å²) in [5.41, 5.74) is 1.51. The predicted octanol–water partition coefficient (Wildman–Crippen LogP) is 2.10. The molecule has 0 spiro atoms. The highest BCUT2D eigenvalue weighted by atomic mass is 16.4. The molecule has 2 heterocycles. The Labute approximate surface area is 119 Å². The van der Waals surface area contributed by atoms with Crippen LogP contribution in [0.1, 0.15) is 41.6 Å². The van der Waals surface area contributed by atoms with E-state index < -0.39 is 5.97 Å². The van der Waals surface area contributed by atoms with Gasteiger partial charge in [-0.2, -0.15) is 0 Å². The Hall–Kier alpha value is -1.39. The SMILES string of the molecule is O=C(O)c1ccc(CNC2CCN3CCCC3C2)cc1. The first-order chi connectivity index (χ1) is 9.72. The number of fused-ring (bicyclic) bond motifs is 1. The van der Waals surface area contributed by atoms with Crippen molar-refractivity contribution in [1.29, 1.82) is 0 Å². The minimum atomic E-state index is -0.863. The van der Waals surface area contributed by atoms with Gasteiger partial charge in [-0.25, -0.2) is 4.79 Å². The summed E-state index contributed by atoms with van der Waals surface area (Å²) < 4.78 is 0. The van der Waals surface area contributed by atoms with Crippen LogP contribution in [0.4, 0.5) is 0 Å². The van der Waals surface area contributed by atoms with Crippen LogP contribution in [0.25, 0.3) is 0 Å². The van der Waals surface area contributed by atoms with Crippen molar-refractivity contribution in [2.24, 2.45) is 0 Å². The fourth-order valence-electron chi connectivity index (χ4n) is 3.44. The Morgan fingerprint density at radius 3 is 2.80 bits per heavy atom. The lowest BCUT2D eigenvalue weighted by molar-refractivity contribution is 0.0697. The third-order valence-electron chi connectivity index (χ3n) is 4.62. The van der Waals surface area contributed by atoms with E-state index in [4.69, 9.17) is 5.11 Å². The zero-order chi connectivity index (χ0) is 13.9. The normalized spacial score (nSPS) is 26.4. The van der Waals surface area contributed by atoms with Crippen molar-refractivity contribution in [3.05, 3.63) is 35.4 Å². The van der Waals surface area contributed by atoms with Crippen LogP contribution in [0.2, 0.25) is 0 Å². The van der Waals surface area contributed by atoms with E-state index >= 15 is 0 Å². The van der Waals surface area contributed by atoms with Gasteiger partial charge < -0.3 is 15.3 Å². The van der Waals surface area contributed by atoms with E-state index in [1.807, 2.05) is 12.1 Å². The number of aromatic carboxylic acids is 1. The number of piperidine rings is 1. The Morgan fingerprint density at radius 2 is 2.05 bits per heavy atom. The van der Waals surface area contributed by atoms with Crippen LogP contribution in [0.15, 0.2) is 24.3 Å². The summed E-state index contributed by atoms with van der Waals surface area (Å²) >= 11 is 0. The van der Waals surface area contributed by atoms with Gasteiger partial charge in [0.2, 0.25) is 0 Å². The van der Waals surface area contributed by atoms with Gasteiger partial charge in [0, 0.05) is 18.6 Å². The number of nitrogens with one attached hydrogen (secondary N) is 1. The topological polar surface area (TPSA) is 52.6 Å². The van der Waals surface area contributed by atoms with E-state index in [-0.39, 0.29) is 0 Å². The number of benzene rings is 1. The maximum absolute atomic E-state index is 10.8. The fraction of sp³-hybridized carbons (Fsp3) is 0.562. The van der Waals surface area contributed by atoms with Gasteiger partial charge in [0.1, 0.15) is 0 Å². The van der Waals surface area contributed by atoms with E-state index in [9.17, 15) is 4.79 Å². The molecule has 0 radical (unpaired) electrons. The number of carboxylic acid groups (broad SMARTS) is 1. The fourth-order valence-corrected chi connectivity index (χ4v) is 3.44. The molecule has 2 aliphatic heterocycles. The molecular weight excluding hydrogens is 252 g/mol. The van der Waals surface area contributed by atoms with E-state index in [0.29, 0.717) is 11.6 Å². The highest BCUT2D eigenvalue weighted by Crippen LogP contribution is 2.26. The van der Waals surface area contributed by atoms with Crippen LogP contribution in [-0.2, 0) is 6.54 Å². The summed E-state index contributed by atoms with van der Waals surface area (Å²) in [4.78, 5) is 13.4. The number of carboxylic acids is 1. The summed E-state index contributed by atoms with van der Waals surface area (Å²) in [5, 5.41) is 12.5. The van der Waals surface area contributed by atoms with Crippen molar-refractivity contribution in [3.8, 4) is 0 Å². The lowest BCUT2D eigenvalue weighted by Gasteiger charge is -2.35. The number of rotatable bonds is 4. The number of hydrogen-bond donors (Lipinski definition) is 2. The first-order valence-corrected chi connectivity index (χ1v) is 7.52. The van der Waals surface area contributed by atoms with E-state index in [2.05, 4.69) is 10.2 Å². The highest BCUT2D eigenvalue weighted by Gasteiger charge is 2.31. The monoisotopic (exact) mass is 274 g/mol. The smallest absolute Gasteiger partial charge is 0.335 e. The summed E-state index contributed by atoms with van der Waals surface area (Å²) in [7, 11) is 0. The molecule has 2 unspecified atom stereocenters. The number of hydrogen-bond acceptors (Lipinski definition) is 3. The minimum absolute atomic E-state index is 0.355. The van der Waals surface area contributed by atoms with Crippen LogP contribution in [-0.4, -0.2) is 41.1 Å². The van der Waals surface area contributed by atoms with Crippen LogP contribution < -0.4 is 5.32 Å². The van der Waals surface area contributed by atoms with Crippen LogP contribution >= 0.6 is 0 Å². The summed E-state index contributed by atoms with van der Waals surface area (Å²) in [5.74, 6) is -0.863. The number of carbonyl (C=O) groups is 1. The van der Waals surface area contributed by atoms with Gasteiger partial charge in [0.05, 0.1) is 5.56 Å². The maximum atomic E-state index is 10.8. The second kappa shape index (κ2) is 5.94. The Balaban J connectivity index is 1.50. The zero-order valence-corrected chi connectivity index (χ0v) is 11.7. The highest BCUT2D eigenvalue weighted by molar-refractivity contribution is 5.87. The maximum Gasteiger partial charge on any atom is 0.335 e. The van der Waals surface area contributed by atoms with Gasteiger partial charge in [-0.05, 0) is 56.5 Å². The van der Waals surface area contributed by atoms with Gasteiger partial charge in [-0.1, -0.05) is 12.1 Å². The largest absolute Gasteiger partial charge is 0.478 e. The average Bonchev–Trinajstić information content (AvgIpc) is 2.93. The molecule has 4 nitrogen and oxygen atoms in total. The molecular formula is C16H22N2O2. The van der Waals surface area contributed by atoms with Gasteiger partial charge >= 0.3 is 5.97 Å². The molecule has 108 valence electrons. The third kappa shape index (κ3) is 3.02. The lowest BCUT2D eigenvalue weighted by atomic mass is 9.97. The molecule has 2 aliphatic rings. The van der Waals surface area contributed by atoms with Crippen molar-refractivity contribution in [2.75, 3.05) is 13.1 Å². The molecule has 20 heavy (non-hydrogen) atoms. The summed E-state index contributed by atoms with van der Waals surface area (Å²) in [6, 6.07) is 8.56. The molecule has 2 N–H and O–H groups in total. The average molecular weight is 274 g/mol. The van der Waals surface area contributed by atoms with Crippen molar-refractivity contribution in [2.45, 2.75) is 44.3 Å². The van der Waals surface area contributed by atoms with E-state index in [0.717, 1.165) is 18.2 Å². The Morgan fingerprint density at radius 1 is 1.25 bits per heavy atom. The molecule has 3 rings (SSSR count). The Kier molecular flexibility index (Phi) is 4.03. The molecule has 0 bridgehead atoms. The summed E-state index contributed by atoms with van der Waals surface area (Å²) in [6.45, 7) is 3.34. The second-order valence-corrected chi connectivity index (χ2v) is 5.94. The molecule has 0 saturated carbocycles.